The Labute approximate surface area is 66.4 Å². The van der Waals surface area contributed by atoms with Gasteiger partial charge in [0.2, 0.25) is 0 Å². The second kappa shape index (κ2) is 7.33. The van der Waals surface area contributed by atoms with Crippen molar-refractivity contribution in [1.29, 1.82) is 0 Å². The summed E-state index contributed by atoms with van der Waals surface area (Å²) in [7, 11) is 0. The first-order valence-corrected chi connectivity index (χ1v) is 2.84. The summed E-state index contributed by atoms with van der Waals surface area (Å²) < 4.78 is 2.48. The number of halogens is 1. The zero-order valence-electron chi connectivity index (χ0n) is 4.47. The molecule has 50 valence electrons. The molecule has 0 aliphatic heterocycles. The third-order valence-electron chi connectivity index (χ3n) is 0.439. The lowest BCUT2D eigenvalue weighted by Gasteiger charge is -1.99. The van der Waals surface area contributed by atoms with E-state index in [1.165, 1.54) is 0 Å². The summed E-state index contributed by atoms with van der Waals surface area (Å²) in [5.41, 5.74) is 0. The molecule has 0 radical (unpaired) electrons. The maximum absolute atomic E-state index is 4.66. The van der Waals surface area contributed by atoms with E-state index in [4.69, 9.17) is 0 Å². The average Bonchev–Trinajstić information content (AvgIpc) is 1.68. The van der Waals surface area contributed by atoms with Crippen molar-refractivity contribution in [3.05, 3.63) is 0 Å². The van der Waals surface area contributed by atoms with Crippen LogP contribution in [0.25, 0.3) is 0 Å². The fourth-order valence-electron chi connectivity index (χ4n) is 0.200. The van der Waals surface area contributed by atoms with Gasteiger partial charge < -0.3 is 10.0 Å². The van der Waals surface area contributed by atoms with Gasteiger partial charge >= 0.3 is 0 Å². The summed E-state index contributed by atoms with van der Waals surface area (Å²) >= 11 is 8.35. The van der Waals surface area contributed by atoms with E-state index in [0.717, 1.165) is 6.54 Å². The molecule has 0 unspecified atom stereocenters. The van der Waals surface area contributed by atoms with Crippen LogP contribution in [0.15, 0.2) is 0 Å². The number of nitrogens with one attached hydrogen (secondary N) is 2. The van der Waals surface area contributed by atoms with Crippen LogP contribution in [-0.4, -0.2) is 11.7 Å². The highest BCUT2D eigenvalue weighted by Gasteiger charge is 1.81. The van der Waals surface area contributed by atoms with Crippen LogP contribution in [0.4, 0.5) is 0 Å². The zero-order valence-corrected chi connectivity index (χ0v) is 7.00. The third kappa shape index (κ3) is 6.33. The Bertz CT molecular complexity index is 68.3. The molecule has 0 amide bonds. The van der Waals surface area contributed by atoms with Crippen LogP contribution in [0.2, 0.25) is 0 Å². The van der Waals surface area contributed by atoms with Gasteiger partial charge in [0.1, 0.15) is 0 Å². The Hall–Kier alpha value is 0.330. The largest absolute Gasteiger partial charge is 0.362 e. The molecule has 0 aliphatic carbocycles. The lowest BCUT2D eigenvalue weighted by Crippen LogP contribution is -2.28. The fourth-order valence-corrected chi connectivity index (χ4v) is 0.423. The Morgan fingerprint density at radius 2 is 2.25 bits per heavy atom. The highest BCUT2D eigenvalue weighted by molar-refractivity contribution is 7.84. The van der Waals surface area contributed by atoms with E-state index in [2.05, 4.69) is 35.1 Å². The molecule has 0 atom stereocenters. The molecule has 5 heteroatoms. The molecule has 0 fully saturated rings. The van der Waals surface area contributed by atoms with E-state index < -0.39 is 0 Å². The van der Waals surface area contributed by atoms with Gasteiger partial charge in [0.25, 0.3) is 0 Å². The van der Waals surface area contributed by atoms with Gasteiger partial charge in [0.15, 0.2) is 5.11 Å². The van der Waals surface area contributed by atoms with Gasteiger partial charge in [-0.15, -0.1) is 12.4 Å². The lowest BCUT2D eigenvalue weighted by atomic mass is 10.8. The Morgan fingerprint density at radius 3 is 2.38 bits per heavy atom. The highest BCUT2D eigenvalue weighted by Crippen LogP contribution is 1.64. The molecular formula is C3H9ClN2S2. The fraction of sp³-hybridized carbons (Fsp3) is 0.667. The van der Waals surface area contributed by atoms with Crippen LogP contribution in [-0.2, 0) is 0 Å². The number of rotatable bonds is 1. The summed E-state index contributed by atoms with van der Waals surface area (Å²) in [4.78, 5) is 0. The van der Waals surface area contributed by atoms with E-state index in [1.807, 2.05) is 6.92 Å². The SMILES string of the molecule is CCNC(=S)NS.Cl. The summed E-state index contributed by atoms with van der Waals surface area (Å²) in [6.07, 6.45) is 0. The molecule has 0 spiro atoms. The van der Waals surface area contributed by atoms with E-state index in [1.54, 1.807) is 0 Å². The minimum atomic E-state index is 0. The molecule has 0 saturated heterocycles. The monoisotopic (exact) mass is 172 g/mol. The highest BCUT2D eigenvalue weighted by atomic mass is 35.5. The van der Waals surface area contributed by atoms with Crippen molar-refractivity contribution < 1.29 is 0 Å². The molecule has 0 bridgehead atoms. The molecule has 8 heavy (non-hydrogen) atoms. The zero-order chi connectivity index (χ0) is 5.70. The van der Waals surface area contributed by atoms with Gasteiger partial charge in [-0.25, -0.2) is 0 Å². The van der Waals surface area contributed by atoms with Gasteiger partial charge in [-0.2, -0.15) is 0 Å². The van der Waals surface area contributed by atoms with E-state index >= 15 is 0 Å². The normalized spacial score (nSPS) is 6.75. The van der Waals surface area contributed by atoms with Crippen molar-refractivity contribution in [2.75, 3.05) is 6.54 Å². The first kappa shape index (κ1) is 11.2. The first-order chi connectivity index (χ1) is 3.31. The number of thiocarbonyl (C=S) groups is 1. The molecular weight excluding hydrogens is 164 g/mol. The Balaban J connectivity index is 0. The van der Waals surface area contributed by atoms with Crippen molar-refractivity contribution in [1.82, 2.24) is 10.0 Å². The molecule has 0 rings (SSSR count). The smallest absolute Gasteiger partial charge is 0.176 e. The molecule has 0 aromatic heterocycles. The Morgan fingerprint density at radius 1 is 1.75 bits per heavy atom. The van der Waals surface area contributed by atoms with Crippen LogP contribution in [0.3, 0.4) is 0 Å². The summed E-state index contributed by atoms with van der Waals surface area (Å²) in [6, 6.07) is 0. The van der Waals surface area contributed by atoms with Crippen molar-refractivity contribution >= 4 is 42.6 Å². The maximum atomic E-state index is 4.66. The van der Waals surface area contributed by atoms with Crippen LogP contribution >= 0.6 is 37.4 Å². The predicted molar refractivity (Wildman–Crippen MR) is 45.6 cm³/mol. The molecule has 2 nitrogen and oxygen atoms in total. The van der Waals surface area contributed by atoms with Crippen molar-refractivity contribution in [2.24, 2.45) is 0 Å². The summed E-state index contributed by atoms with van der Waals surface area (Å²) in [5, 5.41) is 3.41. The molecule has 0 aliphatic rings. The maximum Gasteiger partial charge on any atom is 0.176 e. The van der Waals surface area contributed by atoms with Gasteiger partial charge in [-0.3, -0.25) is 0 Å². The quantitative estimate of drug-likeness (QED) is 0.402. The third-order valence-corrected chi connectivity index (χ3v) is 1.06. The number of thiol groups is 1. The minimum absolute atomic E-state index is 0. The summed E-state index contributed by atoms with van der Waals surface area (Å²) in [6.45, 7) is 2.81. The number of hydrogen-bond acceptors (Lipinski definition) is 2. The van der Waals surface area contributed by atoms with Gasteiger partial charge in [-0.1, -0.05) is 12.8 Å². The second-order valence-electron chi connectivity index (χ2n) is 0.971. The van der Waals surface area contributed by atoms with Crippen LogP contribution in [0.5, 0.6) is 0 Å². The topological polar surface area (TPSA) is 24.1 Å². The predicted octanol–water partition coefficient (Wildman–Crippen LogP) is 0.737. The standard InChI is InChI=1S/C3H8N2S2.ClH/c1-2-4-3(6)5-7;/h7H,2H2,1H3,(H2,4,5,6);1H. The average molecular weight is 173 g/mol. The molecule has 2 N–H and O–H groups in total. The van der Waals surface area contributed by atoms with Gasteiger partial charge in [0.05, 0.1) is 0 Å². The van der Waals surface area contributed by atoms with E-state index in [-0.39, 0.29) is 12.4 Å². The molecule has 0 aromatic rings. The lowest BCUT2D eigenvalue weighted by molar-refractivity contribution is 0.965. The summed E-state index contributed by atoms with van der Waals surface area (Å²) in [5.74, 6) is 0. The van der Waals surface area contributed by atoms with Crippen LogP contribution in [0, 0.1) is 0 Å². The molecule has 0 heterocycles. The van der Waals surface area contributed by atoms with Crippen LogP contribution < -0.4 is 10.0 Å². The van der Waals surface area contributed by atoms with Crippen molar-refractivity contribution in [3.63, 3.8) is 0 Å². The van der Waals surface area contributed by atoms with Gasteiger partial charge in [0, 0.05) is 6.54 Å². The first-order valence-electron chi connectivity index (χ1n) is 1.99. The van der Waals surface area contributed by atoms with Crippen molar-refractivity contribution in [2.45, 2.75) is 6.92 Å². The van der Waals surface area contributed by atoms with Crippen LogP contribution in [0.1, 0.15) is 6.92 Å². The number of hydrogen-bond donors (Lipinski definition) is 3. The Kier molecular flexibility index (Phi) is 10.2. The molecule has 0 aromatic carbocycles. The van der Waals surface area contributed by atoms with Crippen molar-refractivity contribution in [3.8, 4) is 0 Å². The van der Waals surface area contributed by atoms with E-state index in [0.29, 0.717) is 5.11 Å². The molecule has 0 saturated carbocycles. The van der Waals surface area contributed by atoms with E-state index in [9.17, 15) is 0 Å². The minimum Gasteiger partial charge on any atom is -0.362 e. The second-order valence-corrected chi connectivity index (χ2v) is 1.60. The van der Waals surface area contributed by atoms with Gasteiger partial charge in [-0.05, 0) is 19.1 Å².